The first-order chi connectivity index (χ1) is 12.7. The van der Waals surface area contributed by atoms with Gasteiger partial charge in [-0.05, 0) is 50.9 Å². The van der Waals surface area contributed by atoms with Crippen LogP contribution in [0.25, 0.3) is 0 Å². The smallest absolute Gasteiger partial charge is 0.247 e. The first-order valence-electron chi connectivity index (χ1n) is 9.49. The van der Waals surface area contributed by atoms with Crippen LogP contribution in [0.4, 0.5) is 0 Å². The number of sulfonamides is 1. The molecule has 3 rings (SSSR count). The molecule has 0 amide bonds. The predicted molar refractivity (Wildman–Crippen MR) is 108 cm³/mol. The van der Waals surface area contributed by atoms with Crippen molar-refractivity contribution in [2.24, 2.45) is 11.8 Å². The van der Waals surface area contributed by atoms with Crippen molar-refractivity contribution in [2.75, 3.05) is 33.3 Å². The van der Waals surface area contributed by atoms with Crippen molar-refractivity contribution in [1.29, 1.82) is 0 Å². The van der Waals surface area contributed by atoms with Gasteiger partial charge in [0.2, 0.25) is 10.0 Å². The summed E-state index contributed by atoms with van der Waals surface area (Å²) in [5.41, 5.74) is 0. The molecule has 2 aliphatic rings. The van der Waals surface area contributed by atoms with Crippen LogP contribution < -0.4 is 4.74 Å². The molecule has 3 atom stereocenters. The number of ether oxygens (including phenoxy) is 1. The quantitative estimate of drug-likeness (QED) is 0.706. The molecule has 1 aromatic carbocycles. The standard InChI is InChI=1S/C19H29BrN2O4S/c1-13-9-22(14(2)12-23)27(24,25)19-7-6-16(20)8-17(19)26-18(13)11-21(3)10-15-4-5-15/h6-8,13-15,18,23H,4-5,9-12H2,1-3H3/t13-,14+,18-/m0/s1. The second kappa shape index (κ2) is 8.37. The van der Waals surface area contributed by atoms with Crippen LogP contribution in [-0.2, 0) is 10.0 Å². The summed E-state index contributed by atoms with van der Waals surface area (Å²) in [6.07, 6.45) is 2.45. The van der Waals surface area contributed by atoms with Gasteiger partial charge in [0.1, 0.15) is 16.7 Å². The number of halogens is 1. The third-order valence-corrected chi connectivity index (χ3v) is 7.90. The predicted octanol–water partition coefficient (Wildman–Crippen LogP) is 2.56. The van der Waals surface area contributed by atoms with Crippen LogP contribution >= 0.6 is 15.9 Å². The Morgan fingerprint density at radius 1 is 1.37 bits per heavy atom. The van der Waals surface area contributed by atoms with Crippen molar-refractivity contribution < 1.29 is 18.3 Å². The lowest BCUT2D eigenvalue weighted by atomic mass is 10.0. The number of aliphatic hydroxyl groups excluding tert-OH is 1. The molecule has 1 N–H and O–H groups in total. The molecule has 1 aromatic rings. The Bertz CT molecular complexity index is 769. The highest BCUT2D eigenvalue weighted by Crippen LogP contribution is 2.35. The van der Waals surface area contributed by atoms with E-state index in [4.69, 9.17) is 4.74 Å². The normalized spacial score (nSPS) is 26.7. The minimum absolute atomic E-state index is 0.0115. The fraction of sp³-hybridized carbons (Fsp3) is 0.684. The Morgan fingerprint density at radius 3 is 2.70 bits per heavy atom. The molecule has 1 heterocycles. The van der Waals surface area contributed by atoms with Crippen molar-refractivity contribution in [2.45, 2.75) is 43.7 Å². The molecule has 1 aliphatic heterocycles. The molecule has 6 nitrogen and oxygen atoms in total. The first-order valence-corrected chi connectivity index (χ1v) is 11.7. The maximum atomic E-state index is 13.2. The van der Waals surface area contributed by atoms with E-state index in [1.807, 2.05) is 6.92 Å². The third-order valence-electron chi connectivity index (χ3n) is 5.39. The molecule has 0 unspecified atom stereocenters. The van der Waals surface area contributed by atoms with Crippen LogP contribution in [0.1, 0.15) is 26.7 Å². The second-order valence-corrected chi connectivity index (χ2v) is 10.8. The van der Waals surface area contributed by atoms with Crippen molar-refractivity contribution in [1.82, 2.24) is 9.21 Å². The van der Waals surface area contributed by atoms with Crippen LogP contribution in [0.15, 0.2) is 27.6 Å². The van der Waals surface area contributed by atoms with Gasteiger partial charge < -0.3 is 14.7 Å². The highest BCUT2D eigenvalue weighted by molar-refractivity contribution is 9.10. The van der Waals surface area contributed by atoms with Gasteiger partial charge in [0.25, 0.3) is 0 Å². The van der Waals surface area contributed by atoms with E-state index >= 15 is 0 Å². The number of fused-ring (bicyclic) bond motifs is 1. The van der Waals surface area contributed by atoms with E-state index < -0.39 is 16.1 Å². The maximum Gasteiger partial charge on any atom is 0.247 e. The van der Waals surface area contributed by atoms with Crippen LogP contribution in [0.2, 0.25) is 0 Å². The third kappa shape index (κ3) is 4.85. The van der Waals surface area contributed by atoms with Gasteiger partial charge >= 0.3 is 0 Å². The van der Waals surface area contributed by atoms with Crippen molar-refractivity contribution in [3.05, 3.63) is 22.7 Å². The Labute approximate surface area is 170 Å². The summed E-state index contributed by atoms with van der Waals surface area (Å²) in [4.78, 5) is 2.44. The highest BCUT2D eigenvalue weighted by Gasteiger charge is 2.38. The van der Waals surface area contributed by atoms with Crippen molar-refractivity contribution in [3.8, 4) is 5.75 Å². The minimum Gasteiger partial charge on any atom is -0.487 e. The second-order valence-electron chi connectivity index (χ2n) is 8.00. The van der Waals surface area contributed by atoms with Crippen LogP contribution in [0.3, 0.4) is 0 Å². The number of likely N-dealkylation sites (N-methyl/N-ethyl adjacent to an activating group) is 1. The topological polar surface area (TPSA) is 70.1 Å². The molecule has 0 bridgehead atoms. The number of aliphatic hydroxyl groups is 1. The lowest BCUT2D eigenvalue weighted by Crippen LogP contribution is -2.49. The SMILES string of the molecule is C[C@H](CO)N1C[C@H](C)[C@H](CN(C)CC2CC2)Oc2cc(Br)ccc2S1(=O)=O. The van der Waals surface area contributed by atoms with Gasteiger partial charge in [-0.2, -0.15) is 4.31 Å². The fourth-order valence-electron chi connectivity index (χ4n) is 3.54. The van der Waals surface area contributed by atoms with E-state index in [0.29, 0.717) is 12.3 Å². The Hall–Kier alpha value is -0.670. The monoisotopic (exact) mass is 460 g/mol. The molecule has 1 saturated carbocycles. The number of hydrogen-bond donors (Lipinski definition) is 1. The Balaban J connectivity index is 1.95. The molecule has 0 saturated heterocycles. The molecule has 0 radical (unpaired) electrons. The van der Waals surface area contributed by atoms with Crippen LogP contribution in [-0.4, -0.2) is 68.2 Å². The molecule has 0 spiro atoms. The van der Waals surface area contributed by atoms with E-state index in [1.165, 1.54) is 17.1 Å². The van der Waals surface area contributed by atoms with E-state index in [0.717, 1.165) is 23.5 Å². The summed E-state index contributed by atoms with van der Waals surface area (Å²) >= 11 is 3.42. The van der Waals surface area contributed by atoms with Gasteiger partial charge in [0, 0.05) is 36.1 Å². The van der Waals surface area contributed by atoms with Gasteiger partial charge in [-0.25, -0.2) is 8.42 Å². The maximum absolute atomic E-state index is 13.2. The number of rotatable bonds is 6. The molecule has 152 valence electrons. The summed E-state index contributed by atoms with van der Waals surface area (Å²) in [6, 6.07) is 4.52. The largest absolute Gasteiger partial charge is 0.487 e. The van der Waals surface area contributed by atoms with Gasteiger partial charge in [0.05, 0.1) is 6.61 Å². The van der Waals surface area contributed by atoms with Gasteiger partial charge in [-0.15, -0.1) is 0 Å². The summed E-state index contributed by atoms with van der Waals surface area (Å²) in [7, 11) is -1.65. The summed E-state index contributed by atoms with van der Waals surface area (Å²) in [6.45, 7) is 5.65. The molecular weight excluding hydrogens is 432 g/mol. The van der Waals surface area contributed by atoms with Crippen molar-refractivity contribution in [3.63, 3.8) is 0 Å². The van der Waals surface area contributed by atoms with E-state index in [1.54, 1.807) is 25.1 Å². The fourth-order valence-corrected chi connectivity index (χ4v) is 5.71. The Morgan fingerprint density at radius 2 is 2.07 bits per heavy atom. The summed E-state index contributed by atoms with van der Waals surface area (Å²) in [5.74, 6) is 1.14. The average molecular weight is 461 g/mol. The molecular formula is C19H29BrN2O4S. The molecule has 0 aromatic heterocycles. The van der Waals surface area contributed by atoms with E-state index in [-0.39, 0.29) is 23.5 Å². The van der Waals surface area contributed by atoms with E-state index in [9.17, 15) is 13.5 Å². The Kier molecular flexibility index (Phi) is 6.52. The van der Waals surface area contributed by atoms with Crippen LogP contribution in [0, 0.1) is 11.8 Å². The molecule has 1 aliphatic carbocycles. The van der Waals surface area contributed by atoms with Crippen molar-refractivity contribution >= 4 is 26.0 Å². The molecule has 8 heteroatoms. The number of nitrogens with zero attached hydrogens (tertiary/aromatic N) is 2. The molecule has 27 heavy (non-hydrogen) atoms. The zero-order valence-corrected chi connectivity index (χ0v) is 18.5. The summed E-state index contributed by atoms with van der Waals surface area (Å²) in [5, 5.41) is 9.62. The van der Waals surface area contributed by atoms with Gasteiger partial charge in [-0.1, -0.05) is 22.9 Å². The minimum atomic E-state index is -3.75. The van der Waals surface area contributed by atoms with Gasteiger partial charge in [0.15, 0.2) is 0 Å². The summed E-state index contributed by atoms with van der Waals surface area (Å²) < 4.78 is 34.9. The average Bonchev–Trinajstić information content (AvgIpc) is 3.41. The lowest BCUT2D eigenvalue weighted by molar-refractivity contribution is 0.0740. The zero-order valence-electron chi connectivity index (χ0n) is 16.1. The van der Waals surface area contributed by atoms with Gasteiger partial charge in [-0.3, -0.25) is 0 Å². The lowest BCUT2D eigenvalue weighted by Gasteiger charge is -2.37. The highest BCUT2D eigenvalue weighted by atomic mass is 79.9. The van der Waals surface area contributed by atoms with E-state index in [2.05, 4.69) is 27.9 Å². The number of benzene rings is 1. The van der Waals surface area contributed by atoms with Crippen LogP contribution in [0.5, 0.6) is 5.75 Å². The zero-order chi connectivity index (χ0) is 19.8. The molecule has 1 fully saturated rings. The number of hydrogen-bond acceptors (Lipinski definition) is 5. The first kappa shape index (κ1) is 21.0.